The molecule has 0 spiro atoms. The van der Waals surface area contributed by atoms with Crippen molar-refractivity contribution in [1.29, 1.82) is 5.26 Å². The van der Waals surface area contributed by atoms with Crippen molar-refractivity contribution >= 4 is 11.2 Å². The second-order valence-electron chi connectivity index (χ2n) is 8.74. The summed E-state index contributed by atoms with van der Waals surface area (Å²) in [6.07, 6.45) is 9.81. The molecule has 2 aliphatic heterocycles. The van der Waals surface area contributed by atoms with E-state index in [2.05, 4.69) is 24.8 Å². The van der Waals surface area contributed by atoms with Crippen molar-refractivity contribution in [3.63, 3.8) is 0 Å². The first kappa shape index (κ1) is 19.9. The summed E-state index contributed by atoms with van der Waals surface area (Å²) in [5.41, 5.74) is 3.67. The Morgan fingerprint density at radius 2 is 2.13 bits per heavy atom. The Morgan fingerprint density at radius 3 is 2.97 bits per heavy atom. The van der Waals surface area contributed by atoms with Gasteiger partial charge in [0.2, 0.25) is 11.7 Å². The summed E-state index contributed by atoms with van der Waals surface area (Å²) in [4.78, 5) is 20.3. The van der Waals surface area contributed by atoms with Crippen LogP contribution in [0, 0.1) is 24.2 Å². The fourth-order valence-corrected chi connectivity index (χ4v) is 4.99. The van der Waals surface area contributed by atoms with E-state index in [0.29, 0.717) is 29.3 Å². The normalized spacial score (nSPS) is 21.2. The molecule has 5 rings (SSSR count). The molecule has 160 valence electrons. The first-order chi connectivity index (χ1) is 15.1. The highest BCUT2D eigenvalue weighted by Crippen LogP contribution is 2.32. The maximum atomic E-state index is 9.31. The molecule has 2 aliphatic rings. The minimum atomic E-state index is 0.123. The minimum absolute atomic E-state index is 0.123. The number of rotatable bonds is 5. The molecule has 0 radical (unpaired) electrons. The maximum absolute atomic E-state index is 9.31. The maximum Gasteiger partial charge on any atom is 0.234 e. The van der Waals surface area contributed by atoms with Gasteiger partial charge in [-0.1, -0.05) is 0 Å². The number of imidazole rings is 1. The smallest absolute Gasteiger partial charge is 0.234 e. The average Bonchev–Trinajstić information content (AvgIpc) is 3.40. The van der Waals surface area contributed by atoms with Crippen molar-refractivity contribution in [1.82, 2.24) is 29.4 Å². The first-order valence-electron chi connectivity index (χ1n) is 11.1. The third-order valence-electron chi connectivity index (χ3n) is 6.66. The van der Waals surface area contributed by atoms with Gasteiger partial charge < -0.3 is 14.2 Å². The highest BCUT2D eigenvalue weighted by Gasteiger charge is 2.31. The van der Waals surface area contributed by atoms with E-state index in [1.165, 1.54) is 38.8 Å². The molecule has 3 aromatic heterocycles. The molecule has 0 aliphatic carbocycles. The summed E-state index contributed by atoms with van der Waals surface area (Å²) in [5, 5.41) is 9.31. The molecular formula is C23H27N7O. The van der Waals surface area contributed by atoms with Gasteiger partial charge in [-0.25, -0.2) is 15.0 Å². The number of hydrogen-bond donors (Lipinski definition) is 0. The Kier molecular flexibility index (Phi) is 5.28. The number of aromatic nitrogens is 5. The van der Waals surface area contributed by atoms with Gasteiger partial charge >= 0.3 is 0 Å². The SMILES string of the molecule is Cc1cc(-c2nc(C#N)nc3c2ncn3C)cnc1OCCC1CCN2CCCC2C1. The van der Waals surface area contributed by atoms with Gasteiger partial charge in [0.25, 0.3) is 0 Å². The van der Waals surface area contributed by atoms with E-state index < -0.39 is 0 Å². The third kappa shape index (κ3) is 3.86. The molecule has 0 amide bonds. The third-order valence-corrected chi connectivity index (χ3v) is 6.66. The highest BCUT2D eigenvalue weighted by molar-refractivity contribution is 5.87. The molecule has 31 heavy (non-hydrogen) atoms. The monoisotopic (exact) mass is 417 g/mol. The van der Waals surface area contributed by atoms with E-state index in [9.17, 15) is 5.26 Å². The van der Waals surface area contributed by atoms with Crippen LogP contribution in [-0.2, 0) is 7.05 Å². The van der Waals surface area contributed by atoms with Crippen LogP contribution in [0.15, 0.2) is 18.6 Å². The van der Waals surface area contributed by atoms with Gasteiger partial charge in [0.05, 0.1) is 12.9 Å². The van der Waals surface area contributed by atoms with Crippen molar-refractivity contribution in [2.24, 2.45) is 13.0 Å². The van der Waals surface area contributed by atoms with Crippen LogP contribution in [0.1, 0.15) is 43.5 Å². The number of nitrogens with zero attached hydrogens (tertiary/aromatic N) is 7. The quantitative estimate of drug-likeness (QED) is 0.629. The van der Waals surface area contributed by atoms with Gasteiger partial charge in [0, 0.05) is 30.4 Å². The van der Waals surface area contributed by atoms with Crippen LogP contribution in [0.4, 0.5) is 0 Å². The van der Waals surface area contributed by atoms with E-state index in [0.717, 1.165) is 29.5 Å². The van der Waals surface area contributed by atoms with E-state index >= 15 is 0 Å². The van der Waals surface area contributed by atoms with Crippen molar-refractivity contribution < 1.29 is 4.74 Å². The Hall–Kier alpha value is -3.05. The summed E-state index contributed by atoms with van der Waals surface area (Å²) >= 11 is 0. The zero-order chi connectivity index (χ0) is 21.4. The van der Waals surface area contributed by atoms with Gasteiger partial charge in [0.1, 0.15) is 17.3 Å². The van der Waals surface area contributed by atoms with Crippen molar-refractivity contribution in [2.45, 2.75) is 45.1 Å². The second kappa shape index (κ2) is 8.23. The highest BCUT2D eigenvalue weighted by atomic mass is 16.5. The molecule has 0 N–H and O–H groups in total. The van der Waals surface area contributed by atoms with E-state index in [-0.39, 0.29) is 5.82 Å². The van der Waals surface area contributed by atoms with Crippen molar-refractivity contribution in [2.75, 3.05) is 19.7 Å². The summed E-state index contributed by atoms with van der Waals surface area (Å²) < 4.78 is 7.84. The summed E-state index contributed by atoms with van der Waals surface area (Å²) in [6.45, 7) is 5.22. The van der Waals surface area contributed by atoms with Gasteiger partial charge in [-0.05, 0) is 64.1 Å². The van der Waals surface area contributed by atoms with Crippen LogP contribution >= 0.6 is 0 Å². The zero-order valence-electron chi connectivity index (χ0n) is 18.1. The van der Waals surface area contributed by atoms with Crippen LogP contribution in [-0.4, -0.2) is 55.1 Å². The van der Waals surface area contributed by atoms with Gasteiger partial charge in [-0.3, -0.25) is 0 Å². The topological polar surface area (TPSA) is 92.8 Å². The summed E-state index contributed by atoms with van der Waals surface area (Å²) in [6, 6.07) is 4.83. The molecule has 2 atom stereocenters. The lowest BCUT2D eigenvalue weighted by Gasteiger charge is -2.34. The molecule has 3 aromatic rings. The number of hydrogen-bond acceptors (Lipinski definition) is 7. The lowest BCUT2D eigenvalue weighted by molar-refractivity contribution is 0.135. The molecule has 5 heterocycles. The standard InChI is InChI=1S/C23H27N7O/c1-15-10-17(20-21-22(29(2)14-26-21)28-19(12-24)27-20)13-25-23(15)31-9-6-16-5-8-30-7-3-4-18(30)11-16/h10,13-14,16,18H,3-9,11H2,1-2H3. The van der Waals surface area contributed by atoms with Crippen LogP contribution in [0.2, 0.25) is 0 Å². The first-order valence-corrected chi connectivity index (χ1v) is 11.1. The van der Waals surface area contributed by atoms with E-state index in [4.69, 9.17) is 4.74 Å². The van der Waals surface area contributed by atoms with Crippen molar-refractivity contribution in [3.8, 4) is 23.2 Å². The molecule has 0 bridgehead atoms. The predicted molar refractivity (Wildman–Crippen MR) is 116 cm³/mol. The van der Waals surface area contributed by atoms with Crippen LogP contribution in [0.5, 0.6) is 5.88 Å². The van der Waals surface area contributed by atoms with E-state index in [1.807, 2.05) is 26.1 Å². The van der Waals surface area contributed by atoms with Crippen LogP contribution in [0.25, 0.3) is 22.4 Å². The number of aryl methyl sites for hydroxylation is 2. The Bertz CT molecular complexity index is 1150. The fourth-order valence-electron chi connectivity index (χ4n) is 4.99. The van der Waals surface area contributed by atoms with E-state index in [1.54, 1.807) is 17.1 Å². The van der Waals surface area contributed by atoms with Gasteiger partial charge in [-0.15, -0.1) is 0 Å². The molecule has 2 unspecified atom stereocenters. The van der Waals surface area contributed by atoms with Crippen LogP contribution in [0.3, 0.4) is 0 Å². The Labute approximate surface area is 181 Å². The van der Waals surface area contributed by atoms with Crippen LogP contribution < -0.4 is 4.74 Å². The van der Waals surface area contributed by atoms with Gasteiger partial charge in [-0.2, -0.15) is 10.2 Å². The zero-order valence-corrected chi connectivity index (χ0v) is 18.1. The fraction of sp³-hybridized carbons (Fsp3) is 0.522. The molecule has 2 saturated heterocycles. The molecule has 0 aromatic carbocycles. The molecule has 2 fully saturated rings. The molecule has 0 saturated carbocycles. The number of ether oxygens (including phenoxy) is 1. The summed E-state index contributed by atoms with van der Waals surface area (Å²) in [5.74, 6) is 1.54. The lowest BCUT2D eigenvalue weighted by Crippen LogP contribution is -2.38. The second-order valence-corrected chi connectivity index (χ2v) is 8.74. The molecule has 8 nitrogen and oxygen atoms in total. The lowest BCUT2D eigenvalue weighted by atomic mass is 9.89. The minimum Gasteiger partial charge on any atom is -0.477 e. The number of nitriles is 1. The van der Waals surface area contributed by atoms with Gasteiger partial charge in [0.15, 0.2) is 5.65 Å². The molecular weight excluding hydrogens is 390 g/mol. The molecule has 8 heteroatoms. The Balaban J connectivity index is 1.28. The predicted octanol–water partition coefficient (Wildman–Crippen LogP) is 3.25. The Morgan fingerprint density at radius 1 is 1.23 bits per heavy atom. The average molecular weight is 418 g/mol. The largest absolute Gasteiger partial charge is 0.477 e. The van der Waals surface area contributed by atoms with Crippen molar-refractivity contribution in [3.05, 3.63) is 30.0 Å². The summed E-state index contributed by atoms with van der Waals surface area (Å²) in [7, 11) is 1.85. The number of piperidine rings is 1. The number of pyridine rings is 1. The number of fused-ring (bicyclic) bond motifs is 2.